The molecule has 3 N–H and O–H groups in total. The minimum absolute atomic E-state index is 0.614. The zero-order chi connectivity index (χ0) is 11.4. The normalized spacial score (nSPS) is 20.3. The molecule has 0 heterocycles. The summed E-state index contributed by atoms with van der Waals surface area (Å²) in [5.74, 6) is 0.614. The van der Waals surface area contributed by atoms with E-state index in [1.165, 1.54) is 11.3 Å². The average Bonchev–Trinajstić information content (AvgIpc) is 2.32. The molecule has 0 amide bonds. The summed E-state index contributed by atoms with van der Waals surface area (Å²) >= 11 is 0. The van der Waals surface area contributed by atoms with Crippen molar-refractivity contribution in [3.05, 3.63) is 41.6 Å². The number of hydroxylamine groups is 1. The van der Waals surface area contributed by atoms with Gasteiger partial charge in [0.05, 0.1) is 7.11 Å². The standard InChI is InChI=1S/C13H18N2O/c1-16-15-13-8-4-11(5-9-13)10-2-6-12(14)7-3-10/h2-3,6-8,11,15H,4-5,9,14H2,1H3. The summed E-state index contributed by atoms with van der Waals surface area (Å²) in [4.78, 5) is 4.90. The Labute approximate surface area is 96.2 Å². The molecule has 1 aromatic rings. The first kappa shape index (κ1) is 11.0. The smallest absolute Gasteiger partial charge is 0.0636 e. The first-order valence-electron chi connectivity index (χ1n) is 5.63. The van der Waals surface area contributed by atoms with E-state index in [0.29, 0.717) is 5.92 Å². The van der Waals surface area contributed by atoms with Crippen LogP contribution >= 0.6 is 0 Å². The Morgan fingerprint density at radius 3 is 2.62 bits per heavy atom. The van der Waals surface area contributed by atoms with Crippen molar-refractivity contribution in [3.63, 3.8) is 0 Å². The van der Waals surface area contributed by atoms with E-state index in [-0.39, 0.29) is 0 Å². The first-order valence-corrected chi connectivity index (χ1v) is 5.63. The molecule has 86 valence electrons. The molecule has 1 unspecified atom stereocenters. The predicted molar refractivity (Wildman–Crippen MR) is 65.7 cm³/mol. The number of benzene rings is 1. The van der Waals surface area contributed by atoms with Gasteiger partial charge in [-0.15, -0.1) is 0 Å². The summed E-state index contributed by atoms with van der Waals surface area (Å²) in [5, 5.41) is 0. The summed E-state index contributed by atoms with van der Waals surface area (Å²) in [6.45, 7) is 0. The molecule has 0 fully saturated rings. The Hall–Kier alpha value is -1.48. The Morgan fingerprint density at radius 2 is 2.06 bits per heavy atom. The van der Waals surface area contributed by atoms with Gasteiger partial charge in [-0.05, 0) is 42.9 Å². The van der Waals surface area contributed by atoms with Gasteiger partial charge in [0.1, 0.15) is 0 Å². The molecule has 1 atom stereocenters. The van der Waals surface area contributed by atoms with Gasteiger partial charge in [0, 0.05) is 11.4 Å². The summed E-state index contributed by atoms with van der Waals surface area (Å²) in [6, 6.07) is 8.20. The van der Waals surface area contributed by atoms with E-state index in [1.807, 2.05) is 12.1 Å². The number of hydrogen-bond acceptors (Lipinski definition) is 3. The SMILES string of the molecule is CONC1=CCC(c2ccc(N)cc2)CC1. The van der Waals surface area contributed by atoms with Gasteiger partial charge in [-0.1, -0.05) is 18.2 Å². The predicted octanol–water partition coefficient (Wildman–Crippen LogP) is 2.57. The molecule has 1 aromatic carbocycles. The molecule has 3 nitrogen and oxygen atoms in total. The van der Waals surface area contributed by atoms with Crippen LogP contribution in [0.15, 0.2) is 36.0 Å². The van der Waals surface area contributed by atoms with Crippen LogP contribution in [0.3, 0.4) is 0 Å². The maximum Gasteiger partial charge on any atom is 0.0636 e. The summed E-state index contributed by atoms with van der Waals surface area (Å²) in [7, 11) is 1.65. The largest absolute Gasteiger partial charge is 0.399 e. The van der Waals surface area contributed by atoms with Gasteiger partial charge < -0.3 is 5.73 Å². The van der Waals surface area contributed by atoms with Gasteiger partial charge in [-0.2, -0.15) is 0 Å². The lowest BCUT2D eigenvalue weighted by Crippen LogP contribution is -2.15. The van der Waals surface area contributed by atoms with Crippen LogP contribution in [0.2, 0.25) is 0 Å². The van der Waals surface area contributed by atoms with Gasteiger partial charge in [0.2, 0.25) is 0 Å². The lowest BCUT2D eigenvalue weighted by molar-refractivity contribution is 0.113. The van der Waals surface area contributed by atoms with E-state index in [0.717, 1.165) is 24.9 Å². The third-order valence-electron chi connectivity index (χ3n) is 3.05. The van der Waals surface area contributed by atoms with Gasteiger partial charge >= 0.3 is 0 Å². The van der Waals surface area contributed by atoms with Crippen molar-refractivity contribution >= 4 is 5.69 Å². The van der Waals surface area contributed by atoms with Crippen LogP contribution in [-0.2, 0) is 4.84 Å². The van der Waals surface area contributed by atoms with Crippen LogP contribution in [0.25, 0.3) is 0 Å². The van der Waals surface area contributed by atoms with Crippen molar-refractivity contribution in [1.82, 2.24) is 5.48 Å². The molecule has 1 aliphatic carbocycles. The van der Waals surface area contributed by atoms with Gasteiger partial charge in [0.25, 0.3) is 0 Å². The van der Waals surface area contributed by atoms with Crippen molar-refractivity contribution in [2.45, 2.75) is 25.2 Å². The zero-order valence-corrected chi connectivity index (χ0v) is 9.57. The van der Waals surface area contributed by atoms with Crippen LogP contribution in [0.5, 0.6) is 0 Å². The Morgan fingerprint density at radius 1 is 1.31 bits per heavy atom. The molecule has 0 saturated carbocycles. The van der Waals surface area contributed by atoms with Crippen LogP contribution in [0.4, 0.5) is 5.69 Å². The summed E-state index contributed by atoms with van der Waals surface area (Å²) in [5.41, 5.74) is 12.0. The van der Waals surface area contributed by atoms with Gasteiger partial charge in [-0.3, -0.25) is 10.3 Å². The molecule has 1 aliphatic rings. The summed E-state index contributed by atoms with van der Waals surface area (Å²) in [6.07, 6.45) is 5.48. The highest BCUT2D eigenvalue weighted by molar-refractivity contribution is 5.40. The molecule has 3 heteroatoms. The molecular weight excluding hydrogens is 200 g/mol. The molecule has 0 aliphatic heterocycles. The fourth-order valence-electron chi connectivity index (χ4n) is 2.13. The third kappa shape index (κ3) is 2.55. The van der Waals surface area contributed by atoms with Gasteiger partial charge in [0.15, 0.2) is 0 Å². The fraction of sp³-hybridized carbons (Fsp3) is 0.385. The second kappa shape index (κ2) is 5.03. The first-order chi connectivity index (χ1) is 7.79. The van der Waals surface area contributed by atoms with Crippen LogP contribution in [0, 0.1) is 0 Å². The van der Waals surface area contributed by atoms with E-state index in [1.54, 1.807) is 7.11 Å². The number of nitrogen functional groups attached to an aromatic ring is 1. The highest BCUT2D eigenvalue weighted by Gasteiger charge is 2.15. The zero-order valence-electron chi connectivity index (χ0n) is 9.57. The number of nitrogens with one attached hydrogen (secondary N) is 1. The van der Waals surface area contributed by atoms with Crippen LogP contribution < -0.4 is 11.2 Å². The molecule has 0 aromatic heterocycles. The Balaban J connectivity index is 2.01. The van der Waals surface area contributed by atoms with E-state index < -0.39 is 0 Å². The molecule has 0 bridgehead atoms. The van der Waals surface area contributed by atoms with Gasteiger partial charge in [-0.25, -0.2) is 0 Å². The van der Waals surface area contributed by atoms with E-state index in [2.05, 4.69) is 23.7 Å². The van der Waals surface area contributed by atoms with E-state index in [4.69, 9.17) is 10.6 Å². The molecule has 0 saturated heterocycles. The number of allylic oxidation sites excluding steroid dienone is 2. The Kier molecular flexibility index (Phi) is 3.47. The highest BCUT2D eigenvalue weighted by Crippen LogP contribution is 2.31. The second-order valence-corrected chi connectivity index (χ2v) is 4.17. The van der Waals surface area contributed by atoms with Crippen LogP contribution in [-0.4, -0.2) is 7.11 Å². The third-order valence-corrected chi connectivity index (χ3v) is 3.05. The lowest BCUT2D eigenvalue weighted by atomic mass is 9.86. The van der Waals surface area contributed by atoms with Crippen molar-refractivity contribution in [1.29, 1.82) is 0 Å². The van der Waals surface area contributed by atoms with Crippen molar-refractivity contribution in [2.24, 2.45) is 0 Å². The molecule has 2 rings (SSSR count). The fourth-order valence-corrected chi connectivity index (χ4v) is 2.13. The number of anilines is 1. The highest BCUT2D eigenvalue weighted by atomic mass is 16.6. The number of nitrogens with two attached hydrogens (primary N) is 1. The minimum Gasteiger partial charge on any atom is -0.399 e. The molecule has 0 spiro atoms. The lowest BCUT2D eigenvalue weighted by Gasteiger charge is -2.22. The average molecular weight is 218 g/mol. The number of rotatable bonds is 3. The van der Waals surface area contributed by atoms with Crippen molar-refractivity contribution in [3.8, 4) is 0 Å². The van der Waals surface area contributed by atoms with E-state index in [9.17, 15) is 0 Å². The quantitative estimate of drug-likeness (QED) is 0.605. The second-order valence-electron chi connectivity index (χ2n) is 4.17. The van der Waals surface area contributed by atoms with Crippen molar-refractivity contribution in [2.75, 3.05) is 12.8 Å². The topological polar surface area (TPSA) is 47.3 Å². The van der Waals surface area contributed by atoms with E-state index >= 15 is 0 Å². The summed E-state index contributed by atoms with van der Waals surface area (Å²) < 4.78 is 0. The molecule has 0 radical (unpaired) electrons. The van der Waals surface area contributed by atoms with Crippen LogP contribution in [0.1, 0.15) is 30.7 Å². The minimum atomic E-state index is 0.614. The monoisotopic (exact) mass is 218 g/mol. The molecular formula is C13H18N2O. The maximum absolute atomic E-state index is 5.68. The van der Waals surface area contributed by atoms with Crippen molar-refractivity contribution < 1.29 is 4.84 Å². The Bertz CT molecular complexity index is 370. The number of hydrogen-bond donors (Lipinski definition) is 2. The molecule has 16 heavy (non-hydrogen) atoms. The maximum atomic E-state index is 5.68.